The molecule has 0 fully saturated rings. The third-order valence-corrected chi connectivity index (χ3v) is 2.40. The van der Waals surface area contributed by atoms with Crippen LogP contribution in [0.5, 0.6) is 0 Å². The second-order valence-electron chi connectivity index (χ2n) is 5.61. The molecule has 118 valence electrons. The van der Waals surface area contributed by atoms with E-state index in [1.54, 1.807) is 20.8 Å². The molecule has 0 aliphatic rings. The van der Waals surface area contributed by atoms with Crippen LogP contribution in [0.3, 0.4) is 0 Å². The first-order valence-electron chi connectivity index (χ1n) is 6.96. The summed E-state index contributed by atoms with van der Waals surface area (Å²) in [4.78, 5) is 22.9. The van der Waals surface area contributed by atoms with Crippen molar-refractivity contribution in [3.05, 3.63) is 0 Å². The van der Waals surface area contributed by atoms with E-state index in [2.05, 4.69) is 10.6 Å². The first kappa shape index (κ1) is 18.7. The van der Waals surface area contributed by atoms with Gasteiger partial charge >= 0.3 is 6.09 Å². The molecular weight excluding hydrogens is 260 g/mol. The molecule has 7 heteroatoms. The first-order chi connectivity index (χ1) is 9.26. The summed E-state index contributed by atoms with van der Waals surface area (Å²) in [7, 11) is 0. The van der Waals surface area contributed by atoms with Crippen LogP contribution in [-0.4, -0.2) is 43.3 Å². The lowest BCUT2D eigenvalue weighted by Gasteiger charge is -2.19. The van der Waals surface area contributed by atoms with Crippen LogP contribution in [0.15, 0.2) is 0 Å². The topological polar surface area (TPSA) is 119 Å². The van der Waals surface area contributed by atoms with Gasteiger partial charge in [0.1, 0.15) is 5.60 Å². The van der Waals surface area contributed by atoms with E-state index < -0.39 is 17.7 Å². The van der Waals surface area contributed by atoms with Crippen LogP contribution in [0.25, 0.3) is 0 Å². The molecule has 0 bridgehead atoms. The van der Waals surface area contributed by atoms with Gasteiger partial charge in [-0.1, -0.05) is 6.42 Å². The predicted octanol–water partition coefficient (Wildman–Crippen LogP) is 0.0836. The summed E-state index contributed by atoms with van der Waals surface area (Å²) >= 11 is 0. The molecule has 20 heavy (non-hydrogen) atoms. The number of hydrogen-bond acceptors (Lipinski definition) is 5. The molecule has 0 aromatic heterocycles. The SMILES string of the molecule is CC(C)(C)OC(=O)NCCNC(=O)[C@@H](N)CCCCN. The minimum absolute atomic E-state index is 0.215. The third-order valence-electron chi connectivity index (χ3n) is 2.40. The first-order valence-corrected chi connectivity index (χ1v) is 6.96. The van der Waals surface area contributed by atoms with Crippen molar-refractivity contribution >= 4 is 12.0 Å². The second kappa shape index (κ2) is 9.55. The van der Waals surface area contributed by atoms with Crippen molar-refractivity contribution in [3.63, 3.8) is 0 Å². The van der Waals surface area contributed by atoms with Crippen molar-refractivity contribution < 1.29 is 14.3 Å². The molecule has 0 spiro atoms. The van der Waals surface area contributed by atoms with Crippen molar-refractivity contribution in [2.75, 3.05) is 19.6 Å². The fraction of sp³-hybridized carbons (Fsp3) is 0.846. The molecule has 7 nitrogen and oxygen atoms in total. The highest BCUT2D eigenvalue weighted by Crippen LogP contribution is 2.05. The van der Waals surface area contributed by atoms with Crippen molar-refractivity contribution in [1.29, 1.82) is 0 Å². The Bertz CT molecular complexity index is 302. The van der Waals surface area contributed by atoms with Gasteiger partial charge in [0.25, 0.3) is 0 Å². The number of nitrogens with two attached hydrogens (primary N) is 2. The van der Waals surface area contributed by atoms with Crippen LogP contribution < -0.4 is 22.1 Å². The third kappa shape index (κ3) is 10.6. The van der Waals surface area contributed by atoms with Gasteiger partial charge in [-0.3, -0.25) is 4.79 Å². The predicted molar refractivity (Wildman–Crippen MR) is 78.1 cm³/mol. The maximum absolute atomic E-state index is 11.6. The zero-order valence-corrected chi connectivity index (χ0v) is 12.7. The molecular formula is C13H28N4O3. The zero-order chi connectivity index (χ0) is 15.6. The summed E-state index contributed by atoms with van der Waals surface area (Å²) in [5, 5.41) is 5.21. The molecule has 6 N–H and O–H groups in total. The van der Waals surface area contributed by atoms with Gasteiger partial charge < -0.3 is 26.8 Å². The molecule has 0 saturated heterocycles. The number of carbonyl (C=O) groups excluding carboxylic acids is 2. The summed E-state index contributed by atoms with van der Waals surface area (Å²) in [5.41, 5.74) is 10.6. The number of amides is 2. The standard InChI is InChI=1S/C13H28N4O3/c1-13(2,3)20-12(19)17-9-8-16-11(18)10(15)6-4-5-7-14/h10H,4-9,14-15H2,1-3H3,(H,16,18)(H,17,19)/t10-/m0/s1. The van der Waals surface area contributed by atoms with Crippen LogP contribution in [-0.2, 0) is 9.53 Å². The molecule has 0 aromatic rings. The highest BCUT2D eigenvalue weighted by molar-refractivity contribution is 5.81. The fourth-order valence-corrected chi connectivity index (χ4v) is 1.44. The van der Waals surface area contributed by atoms with Gasteiger partial charge in [-0.15, -0.1) is 0 Å². The summed E-state index contributed by atoms with van der Waals surface area (Å²) < 4.78 is 5.06. The van der Waals surface area contributed by atoms with Gasteiger partial charge in [0.15, 0.2) is 0 Å². The molecule has 0 rings (SSSR count). The zero-order valence-electron chi connectivity index (χ0n) is 12.7. The normalized spacial score (nSPS) is 12.7. The van der Waals surface area contributed by atoms with Crippen molar-refractivity contribution in [3.8, 4) is 0 Å². The van der Waals surface area contributed by atoms with Crippen molar-refractivity contribution in [2.45, 2.75) is 51.7 Å². The Morgan fingerprint density at radius 3 is 2.30 bits per heavy atom. The highest BCUT2D eigenvalue weighted by atomic mass is 16.6. The molecule has 1 atom stereocenters. The number of rotatable bonds is 8. The monoisotopic (exact) mass is 288 g/mol. The molecule has 0 radical (unpaired) electrons. The maximum Gasteiger partial charge on any atom is 0.407 e. The van der Waals surface area contributed by atoms with E-state index in [0.717, 1.165) is 12.8 Å². The van der Waals surface area contributed by atoms with E-state index in [0.29, 0.717) is 26.1 Å². The number of hydrogen-bond donors (Lipinski definition) is 4. The number of alkyl carbamates (subject to hydrolysis) is 1. The van der Waals surface area contributed by atoms with Gasteiger partial charge in [-0.25, -0.2) is 4.79 Å². The molecule has 0 heterocycles. The summed E-state index contributed by atoms with van der Waals surface area (Å²) in [5.74, 6) is -0.215. The van der Waals surface area contributed by atoms with Crippen molar-refractivity contribution in [2.24, 2.45) is 11.5 Å². The van der Waals surface area contributed by atoms with E-state index in [4.69, 9.17) is 16.2 Å². The average Bonchev–Trinajstić information content (AvgIpc) is 2.32. The summed E-state index contributed by atoms with van der Waals surface area (Å²) in [6.07, 6.45) is 1.81. The molecule has 0 saturated carbocycles. The Hall–Kier alpha value is -1.34. The Labute approximate surface area is 120 Å². The largest absolute Gasteiger partial charge is 0.444 e. The van der Waals surface area contributed by atoms with Gasteiger partial charge in [0.2, 0.25) is 5.91 Å². The molecule has 2 amide bonds. The van der Waals surface area contributed by atoms with Crippen molar-refractivity contribution in [1.82, 2.24) is 10.6 Å². The molecule has 0 unspecified atom stereocenters. The minimum Gasteiger partial charge on any atom is -0.444 e. The molecule has 0 aromatic carbocycles. The van der Waals surface area contributed by atoms with E-state index in [-0.39, 0.29) is 5.91 Å². The lowest BCUT2D eigenvalue weighted by Crippen LogP contribution is -2.44. The molecule has 0 aliphatic carbocycles. The Balaban J connectivity index is 3.68. The lowest BCUT2D eigenvalue weighted by atomic mass is 10.1. The van der Waals surface area contributed by atoms with E-state index in [9.17, 15) is 9.59 Å². The summed E-state index contributed by atoms with van der Waals surface area (Å²) in [6.45, 7) is 6.59. The van der Waals surface area contributed by atoms with Crippen LogP contribution in [0.1, 0.15) is 40.0 Å². The average molecular weight is 288 g/mol. The number of unbranched alkanes of at least 4 members (excludes halogenated alkanes) is 1. The smallest absolute Gasteiger partial charge is 0.407 e. The minimum atomic E-state index is -0.529. The fourth-order valence-electron chi connectivity index (χ4n) is 1.44. The maximum atomic E-state index is 11.6. The summed E-state index contributed by atoms with van der Waals surface area (Å²) in [6, 6.07) is -0.525. The Morgan fingerprint density at radius 2 is 1.75 bits per heavy atom. The highest BCUT2D eigenvalue weighted by Gasteiger charge is 2.16. The van der Waals surface area contributed by atoms with Gasteiger partial charge in [-0.05, 0) is 40.2 Å². The van der Waals surface area contributed by atoms with E-state index in [1.165, 1.54) is 0 Å². The number of ether oxygens (including phenoxy) is 1. The second-order valence-corrected chi connectivity index (χ2v) is 5.61. The van der Waals surface area contributed by atoms with Crippen LogP contribution >= 0.6 is 0 Å². The quantitative estimate of drug-likeness (QED) is 0.472. The van der Waals surface area contributed by atoms with E-state index in [1.807, 2.05) is 0 Å². The Morgan fingerprint density at radius 1 is 1.15 bits per heavy atom. The van der Waals surface area contributed by atoms with Crippen LogP contribution in [0.4, 0.5) is 4.79 Å². The number of carbonyl (C=O) groups is 2. The molecule has 0 aliphatic heterocycles. The lowest BCUT2D eigenvalue weighted by molar-refractivity contribution is -0.122. The van der Waals surface area contributed by atoms with Crippen LogP contribution in [0.2, 0.25) is 0 Å². The van der Waals surface area contributed by atoms with Gasteiger partial charge in [0.05, 0.1) is 6.04 Å². The Kier molecular flexibility index (Phi) is 8.91. The van der Waals surface area contributed by atoms with Crippen LogP contribution in [0, 0.1) is 0 Å². The van der Waals surface area contributed by atoms with E-state index >= 15 is 0 Å². The number of nitrogens with one attached hydrogen (secondary N) is 2. The van der Waals surface area contributed by atoms with Gasteiger partial charge in [-0.2, -0.15) is 0 Å². The van der Waals surface area contributed by atoms with Gasteiger partial charge in [0, 0.05) is 13.1 Å².